The minimum absolute atomic E-state index is 0.236. The summed E-state index contributed by atoms with van der Waals surface area (Å²) >= 11 is 0. The molecule has 1 unspecified atom stereocenters. The third-order valence-corrected chi connectivity index (χ3v) is 8.23. The Kier molecular flexibility index (Phi) is 9.75. The number of esters is 1. The van der Waals surface area contributed by atoms with Gasteiger partial charge in [-0.2, -0.15) is 0 Å². The SMILES string of the molecule is CCOC(=O)c1ccc2c(n1)CCCC2N(CCc1ccccc1OCc1ccc(-c2nc3ccccc3o2)cc1)C(=O)OC(C)(C)C. The van der Waals surface area contributed by atoms with Crippen LogP contribution in [0.3, 0.4) is 0 Å². The van der Waals surface area contributed by atoms with E-state index in [1.54, 1.807) is 17.9 Å². The van der Waals surface area contributed by atoms with Gasteiger partial charge in [0.1, 0.15) is 29.2 Å². The highest BCUT2D eigenvalue weighted by molar-refractivity contribution is 5.87. The topological polar surface area (TPSA) is 104 Å². The van der Waals surface area contributed by atoms with Crippen LogP contribution in [0.2, 0.25) is 0 Å². The summed E-state index contributed by atoms with van der Waals surface area (Å²) < 4.78 is 23.3. The second-order valence-electron chi connectivity index (χ2n) is 12.9. The van der Waals surface area contributed by atoms with Gasteiger partial charge in [0.25, 0.3) is 0 Å². The van der Waals surface area contributed by atoms with E-state index in [2.05, 4.69) is 9.97 Å². The van der Waals surface area contributed by atoms with Gasteiger partial charge in [-0.05, 0) is 106 Å². The molecule has 2 heterocycles. The number of aromatic nitrogens is 2. The normalized spacial score (nSPS) is 14.3. The van der Waals surface area contributed by atoms with Gasteiger partial charge in [0, 0.05) is 17.8 Å². The lowest BCUT2D eigenvalue weighted by molar-refractivity contribution is 0.0140. The maximum Gasteiger partial charge on any atom is 0.410 e. The number of fused-ring (bicyclic) bond motifs is 2. The molecule has 0 bridgehead atoms. The van der Waals surface area contributed by atoms with Crippen molar-refractivity contribution >= 4 is 23.2 Å². The van der Waals surface area contributed by atoms with Crippen molar-refractivity contribution in [3.63, 3.8) is 0 Å². The van der Waals surface area contributed by atoms with Crippen molar-refractivity contribution in [2.24, 2.45) is 0 Å². The number of hydrogen-bond donors (Lipinski definition) is 0. The van der Waals surface area contributed by atoms with Crippen molar-refractivity contribution in [2.45, 2.75) is 71.6 Å². The molecule has 0 saturated carbocycles. The molecule has 6 rings (SSSR count). The molecule has 0 spiro atoms. The lowest BCUT2D eigenvalue weighted by Gasteiger charge is -2.36. The molecule has 48 heavy (non-hydrogen) atoms. The Morgan fingerprint density at radius 2 is 1.71 bits per heavy atom. The molecule has 0 N–H and O–H groups in total. The van der Waals surface area contributed by atoms with Gasteiger partial charge >= 0.3 is 12.1 Å². The number of ether oxygens (including phenoxy) is 3. The average Bonchev–Trinajstić information content (AvgIpc) is 3.52. The molecule has 1 atom stereocenters. The molecular weight excluding hydrogens is 606 g/mol. The van der Waals surface area contributed by atoms with Gasteiger partial charge in [-0.25, -0.2) is 19.6 Å². The molecule has 2 aromatic heterocycles. The summed E-state index contributed by atoms with van der Waals surface area (Å²) in [5.74, 6) is 0.899. The quantitative estimate of drug-likeness (QED) is 0.139. The van der Waals surface area contributed by atoms with E-state index in [1.807, 2.05) is 99.6 Å². The van der Waals surface area contributed by atoms with Crippen LogP contribution in [-0.2, 0) is 28.9 Å². The Morgan fingerprint density at radius 1 is 0.938 bits per heavy atom. The van der Waals surface area contributed by atoms with Gasteiger partial charge in [0.05, 0.1) is 12.6 Å². The second kappa shape index (κ2) is 14.3. The molecule has 248 valence electrons. The van der Waals surface area contributed by atoms with Crippen LogP contribution in [0.5, 0.6) is 5.75 Å². The van der Waals surface area contributed by atoms with Gasteiger partial charge in [-0.1, -0.05) is 48.5 Å². The van der Waals surface area contributed by atoms with E-state index in [0.29, 0.717) is 25.5 Å². The van der Waals surface area contributed by atoms with Crippen LogP contribution in [0.1, 0.15) is 79.5 Å². The smallest absolute Gasteiger partial charge is 0.410 e. The Balaban J connectivity index is 1.17. The fourth-order valence-electron chi connectivity index (χ4n) is 5.96. The molecule has 1 amide bonds. The van der Waals surface area contributed by atoms with Crippen LogP contribution in [0.4, 0.5) is 4.79 Å². The van der Waals surface area contributed by atoms with E-state index in [4.69, 9.17) is 18.6 Å². The zero-order valence-electron chi connectivity index (χ0n) is 27.9. The molecule has 0 aliphatic heterocycles. The first-order valence-corrected chi connectivity index (χ1v) is 16.5. The summed E-state index contributed by atoms with van der Waals surface area (Å²) in [6, 6.07) is 27.0. The molecule has 1 aliphatic rings. The van der Waals surface area contributed by atoms with Crippen molar-refractivity contribution in [3.8, 4) is 17.2 Å². The molecule has 3 aromatic carbocycles. The summed E-state index contributed by atoms with van der Waals surface area (Å²) in [5.41, 5.74) is 5.86. The predicted molar refractivity (Wildman–Crippen MR) is 183 cm³/mol. The summed E-state index contributed by atoms with van der Waals surface area (Å²) in [5, 5.41) is 0. The van der Waals surface area contributed by atoms with E-state index < -0.39 is 11.6 Å². The Morgan fingerprint density at radius 3 is 2.48 bits per heavy atom. The van der Waals surface area contributed by atoms with E-state index in [9.17, 15) is 9.59 Å². The van der Waals surface area contributed by atoms with Crippen molar-refractivity contribution in [1.82, 2.24) is 14.9 Å². The zero-order valence-corrected chi connectivity index (χ0v) is 27.9. The molecule has 0 radical (unpaired) electrons. The zero-order chi connectivity index (χ0) is 33.7. The predicted octanol–water partition coefficient (Wildman–Crippen LogP) is 8.50. The van der Waals surface area contributed by atoms with Gasteiger partial charge < -0.3 is 23.5 Å². The number of amides is 1. The van der Waals surface area contributed by atoms with Gasteiger partial charge in [-0.15, -0.1) is 0 Å². The van der Waals surface area contributed by atoms with Crippen molar-refractivity contribution in [2.75, 3.05) is 13.2 Å². The van der Waals surface area contributed by atoms with E-state index in [0.717, 1.165) is 64.1 Å². The summed E-state index contributed by atoms with van der Waals surface area (Å²) in [6.45, 7) is 8.46. The Bertz CT molecular complexity index is 1860. The first-order chi connectivity index (χ1) is 23.2. The third-order valence-electron chi connectivity index (χ3n) is 8.23. The standard InChI is InChI=1S/C39H41N3O6/c1-5-45-37(43)32-22-21-29-30(40-32)13-10-14-33(29)42(38(44)48-39(2,3)4)24-23-27-11-6-8-15-34(27)46-25-26-17-19-28(20-18-26)36-41-31-12-7-9-16-35(31)47-36/h6-9,11-12,15-22,33H,5,10,13-14,23-25H2,1-4H3. The van der Waals surface area contributed by atoms with E-state index in [-0.39, 0.29) is 24.4 Å². The highest BCUT2D eigenvalue weighted by atomic mass is 16.6. The van der Waals surface area contributed by atoms with Crippen LogP contribution in [0.25, 0.3) is 22.6 Å². The molecular formula is C39H41N3O6. The Labute approximate surface area is 280 Å². The van der Waals surface area contributed by atoms with Gasteiger partial charge in [-0.3, -0.25) is 0 Å². The minimum atomic E-state index is -0.657. The lowest BCUT2D eigenvalue weighted by atomic mass is 9.89. The molecule has 9 nitrogen and oxygen atoms in total. The van der Waals surface area contributed by atoms with Crippen molar-refractivity contribution in [1.29, 1.82) is 0 Å². The van der Waals surface area contributed by atoms with Crippen LogP contribution in [0, 0.1) is 0 Å². The number of hydrogen-bond acceptors (Lipinski definition) is 8. The summed E-state index contributed by atoms with van der Waals surface area (Å²) in [4.78, 5) is 37.1. The van der Waals surface area contributed by atoms with Crippen LogP contribution < -0.4 is 4.74 Å². The number of pyridine rings is 1. The number of para-hydroxylation sites is 3. The number of benzene rings is 3. The molecule has 5 aromatic rings. The maximum absolute atomic E-state index is 13.7. The molecule has 9 heteroatoms. The largest absolute Gasteiger partial charge is 0.489 e. The summed E-state index contributed by atoms with van der Waals surface area (Å²) in [6.07, 6.45) is 2.51. The van der Waals surface area contributed by atoms with Crippen molar-refractivity contribution < 1.29 is 28.2 Å². The Hall–Kier alpha value is -5.18. The first kappa shape index (κ1) is 32.7. The summed E-state index contributed by atoms with van der Waals surface area (Å²) in [7, 11) is 0. The fraction of sp³-hybridized carbons (Fsp3) is 0.333. The third kappa shape index (κ3) is 7.68. The van der Waals surface area contributed by atoms with Gasteiger partial charge in [0.15, 0.2) is 5.58 Å². The van der Waals surface area contributed by atoms with Gasteiger partial charge in [0.2, 0.25) is 5.89 Å². The van der Waals surface area contributed by atoms with Crippen LogP contribution >= 0.6 is 0 Å². The second-order valence-corrected chi connectivity index (χ2v) is 12.9. The van der Waals surface area contributed by atoms with Crippen LogP contribution in [0.15, 0.2) is 89.3 Å². The van der Waals surface area contributed by atoms with E-state index >= 15 is 0 Å². The lowest BCUT2D eigenvalue weighted by Crippen LogP contribution is -2.41. The number of aryl methyl sites for hydroxylation is 1. The number of nitrogens with zero attached hydrogens (tertiary/aromatic N) is 3. The fourth-order valence-corrected chi connectivity index (χ4v) is 5.96. The average molecular weight is 648 g/mol. The highest BCUT2D eigenvalue weighted by Gasteiger charge is 2.33. The minimum Gasteiger partial charge on any atom is -0.489 e. The van der Waals surface area contributed by atoms with Crippen LogP contribution in [-0.4, -0.2) is 45.7 Å². The first-order valence-electron chi connectivity index (χ1n) is 16.5. The van der Waals surface area contributed by atoms with E-state index in [1.165, 1.54) is 0 Å². The molecule has 0 fully saturated rings. The number of rotatable bonds is 10. The number of carbonyl (C=O) groups is 2. The molecule has 1 aliphatic carbocycles. The molecule has 0 saturated heterocycles. The van der Waals surface area contributed by atoms with Crippen molar-refractivity contribution in [3.05, 3.63) is 113 Å². The monoisotopic (exact) mass is 647 g/mol. The maximum atomic E-state index is 13.7. The number of carbonyl (C=O) groups excluding carboxylic acids is 2. The number of oxazole rings is 1. The highest BCUT2D eigenvalue weighted by Crippen LogP contribution is 2.35.